The van der Waals surface area contributed by atoms with E-state index in [4.69, 9.17) is 0 Å². The number of hydrogen-bond donors (Lipinski definition) is 2. The fourth-order valence-electron chi connectivity index (χ4n) is 1.37. The largest absolute Gasteiger partial charge is 0.393 e. The van der Waals surface area contributed by atoms with E-state index in [-0.39, 0.29) is 6.10 Å². The molecule has 86 valence electrons. The molecule has 0 fully saturated rings. The summed E-state index contributed by atoms with van der Waals surface area (Å²) in [4.78, 5) is 2.72. The minimum absolute atomic E-state index is 0.178. The molecular formula is C12H21NOS. The third-order valence-electron chi connectivity index (χ3n) is 2.48. The van der Waals surface area contributed by atoms with Gasteiger partial charge in [0.05, 0.1) is 6.10 Å². The molecule has 0 amide bonds. The van der Waals surface area contributed by atoms with Crippen molar-refractivity contribution in [3.63, 3.8) is 0 Å². The zero-order valence-corrected chi connectivity index (χ0v) is 10.6. The Kier molecular flexibility index (Phi) is 5.29. The topological polar surface area (TPSA) is 32.3 Å². The molecule has 0 saturated heterocycles. The van der Waals surface area contributed by atoms with Gasteiger partial charge in [0.15, 0.2) is 0 Å². The van der Waals surface area contributed by atoms with Crippen LogP contribution in [0, 0.1) is 12.8 Å². The van der Waals surface area contributed by atoms with Crippen LogP contribution in [0.2, 0.25) is 0 Å². The van der Waals surface area contributed by atoms with Gasteiger partial charge in [-0.2, -0.15) is 0 Å². The molecule has 2 nitrogen and oxygen atoms in total. The van der Waals surface area contributed by atoms with Crippen LogP contribution in [0.4, 0.5) is 0 Å². The van der Waals surface area contributed by atoms with Crippen LogP contribution in [0.3, 0.4) is 0 Å². The van der Waals surface area contributed by atoms with Crippen molar-refractivity contribution in [2.75, 3.05) is 6.54 Å². The van der Waals surface area contributed by atoms with Gasteiger partial charge in [-0.3, -0.25) is 0 Å². The van der Waals surface area contributed by atoms with E-state index in [0.717, 1.165) is 19.5 Å². The fraction of sp³-hybridized carbons (Fsp3) is 0.667. The Morgan fingerprint density at radius 1 is 1.40 bits per heavy atom. The SMILES string of the molecule is Cc1ccc(CNCCC(O)C(C)C)s1. The highest BCUT2D eigenvalue weighted by molar-refractivity contribution is 7.11. The Bertz CT molecular complexity index is 283. The van der Waals surface area contributed by atoms with Crippen LogP contribution in [0.1, 0.15) is 30.0 Å². The Morgan fingerprint density at radius 2 is 2.13 bits per heavy atom. The highest BCUT2D eigenvalue weighted by Gasteiger charge is 2.07. The molecule has 1 rings (SSSR count). The first-order chi connectivity index (χ1) is 7.09. The highest BCUT2D eigenvalue weighted by atomic mass is 32.1. The minimum Gasteiger partial charge on any atom is -0.393 e. The molecule has 15 heavy (non-hydrogen) atoms. The highest BCUT2D eigenvalue weighted by Crippen LogP contribution is 2.14. The van der Waals surface area contributed by atoms with Gasteiger partial charge in [-0.15, -0.1) is 11.3 Å². The summed E-state index contributed by atoms with van der Waals surface area (Å²) < 4.78 is 0. The average molecular weight is 227 g/mol. The zero-order chi connectivity index (χ0) is 11.3. The third-order valence-corrected chi connectivity index (χ3v) is 3.48. The Hall–Kier alpha value is -0.380. The Balaban J connectivity index is 2.12. The van der Waals surface area contributed by atoms with Crippen LogP contribution >= 0.6 is 11.3 Å². The van der Waals surface area contributed by atoms with Crippen LogP contribution in [-0.4, -0.2) is 17.8 Å². The molecule has 1 aromatic heterocycles. The van der Waals surface area contributed by atoms with Gasteiger partial charge >= 0.3 is 0 Å². The van der Waals surface area contributed by atoms with Gasteiger partial charge in [-0.1, -0.05) is 13.8 Å². The second kappa shape index (κ2) is 6.26. The maximum atomic E-state index is 9.59. The van der Waals surface area contributed by atoms with Crippen molar-refractivity contribution in [2.24, 2.45) is 5.92 Å². The van der Waals surface area contributed by atoms with E-state index >= 15 is 0 Å². The number of aliphatic hydroxyl groups is 1. The average Bonchev–Trinajstić information content (AvgIpc) is 2.58. The van der Waals surface area contributed by atoms with E-state index in [1.807, 2.05) is 25.2 Å². The van der Waals surface area contributed by atoms with Crippen LogP contribution in [0.15, 0.2) is 12.1 Å². The van der Waals surface area contributed by atoms with E-state index in [1.165, 1.54) is 9.75 Å². The lowest BCUT2D eigenvalue weighted by Crippen LogP contribution is -2.23. The molecule has 0 aliphatic carbocycles. The predicted octanol–water partition coefficient (Wildman–Crippen LogP) is 2.55. The van der Waals surface area contributed by atoms with Gasteiger partial charge in [0, 0.05) is 16.3 Å². The maximum absolute atomic E-state index is 9.59. The number of hydrogen-bond acceptors (Lipinski definition) is 3. The zero-order valence-electron chi connectivity index (χ0n) is 9.79. The molecule has 3 heteroatoms. The summed E-state index contributed by atoms with van der Waals surface area (Å²) in [5.41, 5.74) is 0. The molecule has 1 heterocycles. The van der Waals surface area contributed by atoms with Crippen LogP contribution < -0.4 is 5.32 Å². The van der Waals surface area contributed by atoms with Gasteiger partial charge in [0.1, 0.15) is 0 Å². The van der Waals surface area contributed by atoms with Crippen molar-refractivity contribution in [2.45, 2.75) is 39.8 Å². The van der Waals surface area contributed by atoms with Gasteiger partial charge in [-0.05, 0) is 37.9 Å². The summed E-state index contributed by atoms with van der Waals surface area (Å²) in [6.45, 7) is 8.02. The lowest BCUT2D eigenvalue weighted by molar-refractivity contribution is 0.116. The number of aryl methyl sites for hydroxylation is 1. The second-order valence-corrected chi connectivity index (χ2v) is 5.66. The van der Waals surface area contributed by atoms with E-state index < -0.39 is 0 Å². The van der Waals surface area contributed by atoms with Gasteiger partial charge in [0.25, 0.3) is 0 Å². The molecule has 0 bridgehead atoms. The van der Waals surface area contributed by atoms with Gasteiger partial charge in [0.2, 0.25) is 0 Å². The normalized spacial score (nSPS) is 13.4. The van der Waals surface area contributed by atoms with Gasteiger partial charge < -0.3 is 10.4 Å². The van der Waals surface area contributed by atoms with Crippen LogP contribution in [0.5, 0.6) is 0 Å². The molecule has 0 saturated carbocycles. The minimum atomic E-state index is -0.178. The third kappa shape index (κ3) is 4.78. The van der Waals surface area contributed by atoms with Crippen molar-refractivity contribution in [1.29, 1.82) is 0 Å². The molecular weight excluding hydrogens is 206 g/mol. The lowest BCUT2D eigenvalue weighted by atomic mass is 10.0. The van der Waals surface area contributed by atoms with Crippen molar-refractivity contribution in [1.82, 2.24) is 5.32 Å². The van der Waals surface area contributed by atoms with Gasteiger partial charge in [-0.25, -0.2) is 0 Å². The number of nitrogens with one attached hydrogen (secondary N) is 1. The first-order valence-corrected chi connectivity index (χ1v) is 6.35. The summed E-state index contributed by atoms with van der Waals surface area (Å²) >= 11 is 1.83. The lowest BCUT2D eigenvalue weighted by Gasteiger charge is -2.14. The monoisotopic (exact) mass is 227 g/mol. The van der Waals surface area contributed by atoms with E-state index in [0.29, 0.717) is 5.92 Å². The molecule has 1 unspecified atom stereocenters. The molecule has 0 aromatic carbocycles. The quantitative estimate of drug-likeness (QED) is 0.732. The van der Waals surface area contributed by atoms with Crippen molar-refractivity contribution in [3.05, 3.63) is 21.9 Å². The maximum Gasteiger partial charge on any atom is 0.0575 e. The summed E-state index contributed by atoms with van der Waals surface area (Å²) in [6.07, 6.45) is 0.657. The summed E-state index contributed by atoms with van der Waals surface area (Å²) in [7, 11) is 0. The van der Waals surface area contributed by atoms with E-state index in [1.54, 1.807) is 0 Å². The Morgan fingerprint density at radius 3 is 2.67 bits per heavy atom. The van der Waals surface area contributed by atoms with Crippen LogP contribution in [0.25, 0.3) is 0 Å². The first-order valence-electron chi connectivity index (χ1n) is 5.53. The standard InChI is InChI=1S/C12H21NOS/c1-9(2)12(14)6-7-13-8-11-5-4-10(3)15-11/h4-5,9,12-14H,6-8H2,1-3H3. The molecule has 0 spiro atoms. The van der Waals surface area contributed by atoms with Crippen molar-refractivity contribution < 1.29 is 5.11 Å². The van der Waals surface area contributed by atoms with Crippen molar-refractivity contribution in [3.8, 4) is 0 Å². The second-order valence-electron chi connectivity index (χ2n) is 4.29. The smallest absolute Gasteiger partial charge is 0.0575 e. The summed E-state index contributed by atoms with van der Waals surface area (Å²) in [6, 6.07) is 4.30. The van der Waals surface area contributed by atoms with Crippen LogP contribution in [-0.2, 0) is 6.54 Å². The molecule has 1 aromatic rings. The van der Waals surface area contributed by atoms with Crippen molar-refractivity contribution >= 4 is 11.3 Å². The van der Waals surface area contributed by atoms with E-state index in [2.05, 4.69) is 24.4 Å². The molecule has 2 N–H and O–H groups in total. The number of aliphatic hydroxyl groups excluding tert-OH is 1. The number of rotatable bonds is 6. The number of thiophene rings is 1. The predicted molar refractivity (Wildman–Crippen MR) is 66.2 cm³/mol. The summed E-state index contributed by atoms with van der Waals surface area (Å²) in [5.74, 6) is 0.357. The fourth-order valence-corrected chi connectivity index (χ4v) is 2.23. The molecule has 0 aliphatic rings. The van der Waals surface area contributed by atoms with E-state index in [9.17, 15) is 5.11 Å². The first kappa shape index (κ1) is 12.7. The Labute approximate surface area is 96.3 Å². The summed E-state index contributed by atoms with van der Waals surface area (Å²) in [5, 5.41) is 12.9. The molecule has 0 aliphatic heterocycles. The molecule has 1 atom stereocenters. The molecule has 0 radical (unpaired) electrons.